The van der Waals surface area contributed by atoms with E-state index in [1.165, 1.54) is 0 Å². The minimum atomic E-state index is -0.494. The number of likely N-dealkylation sites (N-methyl/N-ethyl adjacent to an activating group) is 1. The molecule has 1 aliphatic rings. The van der Waals surface area contributed by atoms with Crippen LogP contribution in [0.15, 0.2) is 0 Å². The zero-order valence-electron chi connectivity index (χ0n) is 12.0. The second-order valence-corrected chi connectivity index (χ2v) is 4.64. The zero-order valence-corrected chi connectivity index (χ0v) is 12.8. The van der Waals surface area contributed by atoms with Crippen LogP contribution in [0.5, 0.6) is 6.01 Å². The second-order valence-electron chi connectivity index (χ2n) is 4.30. The highest BCUT2D eigenvalue weighted by Gasteiger charge is 2.31. The lowest BCUT2D eigenvalue weighted by Gasteiger charge is -2.34. The van der Waals surface area contributed by atoms with Crippen molar-refractivity contribution in [1.82, 2.24) is 20.3 Å². The van der Waals surface area contributed by atoms with Gasteiger partial charge in [0.05, 0.1) is 19.8 Å². The summed E-state index contributed by atoms with van der Waals surface area (Å²) in [5.74, 6) is 0.185. The van der Waals surface area contributed by atoms with Gasteiger partial charge < -0.3 is 19.7 Å². The lowest BCUT2D eigenvalue weighted by molar-refractivity contribution is -0.124. The first-order valence-electron chi connectivity index (χ1n) is 6.82. The number of aromatic nitrogens is 3. The predicted octanol–water partition coefficient (Wildman–Crippen LogP) is 0.265. The van der Waals surface area contributed by atoms with Gasteiger partial charge in [-0.2, -0.15) is 15.0 Å². The third kappa shape index (κ3) is 3.92. The lowest BCUT2D eigenvalue weighted by atomic mass is 10.2. The highest BCUT2D eigenvalue weighted by atomic mass is 35.5. The van der Waals surface area contributed by atoms with Crippen LogP contribution in [0, 0.1) is 0 Å². The van der Waals surface area contributed by atoms with Gasteiger partial charge in [-0.15, -0.1) is 0 Å². The molecule has 0 saturated carbocycles. The number of morpholine rings is 1. The molecule has 0 radical (unpaired) electrons. The van der Waals surface area contributed by atoms with Gasteiger partial charge in [-0.1, -0.05) is 0 Å². The fraction of sp³-hybridized carbons (Fsp3) is 0.667. The molecule has 2 rings (SSSR count). The molecule has 1 N–H and O–H groups in total. The number of nitrogens with zero attached hydrogens (tertiary/aromatic N) is 4. The van der Waals surface area contributed by atoms with Gasteiger partial charge in [-0.25, -0.2) is 0 Å². The van der Waals surface area contributed by atoms with Crippen molar-refractivity contribution in [2.24, 2.45) is 0 Å². The number of rotatable bonds is 5. The number of amides is 1. The smallest absolute Gasteiger partial charge is 0.322 e. The van der Waals surface area contributed by atoms with E-state index in [0.717, 1.165) is 0 Å². The Balaban J connectivity index is 2.26. The minimum Gasteiger partial charge on any atom is -0.464 e. The maximum absolute atomic E-state index is 12.1. The van der Waals surface area contributed by atoms with E-state index in [0.29, 0.717) is 32.3 Å². The Morgan fingerprint density at radius 1 is 1.48 bits per heavy atom. The molecule has 1 aromatic rings. The first-order chi connectivity index (χ1) is 10.2. The van der Waals surface area contributed by atoms with Gasteiger partial charge in [0.15, 0.2) is 0 Å². The maximum atomic E-state index is 12.1. The molecule has 9 heteroatoms. The summed E-state index contributed by atoms with van der Waals surface area (Å²) in [7, 11) is 0. The fourth-order valence-electron chi connectivity index (χ4n) is 2.00. The maximum Gasteiger partial charge on any atom is 0.322 e. The molecule has 116 valence electrons. The van der Waals surface area contributed by atoms with Gasteiger partial charge in [0.1, 0.15) is 6.04 Å². The summed E-state index contributed by atoms with van der Waals surface area (Å²) in [4.78, 5) is 26.0. The van der Waals surface area contributed by atoms with Crippen molar-refractivity contribution < 1.29 is 14.3 Å². The number of hydrogen-bond donors (Lipinski definition) is 1. The predicted molar refractivity (Wildman–Crippen MR) is 76.6 cm³/mol. The molecular formula is C12H18ClN5O3. The van der Waals surface area contributed by atoms with Crippen molar-refractivity contribution in [2.75, 3.05) is 37.8 Å². The van der Waals surface area contributed by atoms with E-state index in [-0.39, 0.29) is 23.8 Å². The van der Waals surface area contributed by atoms with Gasteiger partial charge in [0.2, 0.25) is 17.1 Å². The number of nitrogens with one attached hydrogen (secondary N) is 1. The van der Waals surface area contributed by atoms with Crippen LogP contribution in [-0.2, 0) is 9.53 Å². The Kier molecular flexibility index (Phi) is 5.51. The Morgan fingerprint density at radius 3 is 3.00 bits per heavy atom. The van der Waals surface area contributed by atoms with Crippen molar-refractivity contribution in [2.45, 2.75) is 19.9 Å². The molecule has 0 aromatic carbocycles. The normalized spacial score (nSPS) is 18.4. The average molecular weight is 316 g/mol. The quantitative estimate of drug-likeness (QED) is 0.834. The van der Waals surface area contributed by atoms with E-state index < -0.39 is 6.04 Å². The summed E-state index contributed by atoms with van der Waals surface area (Å²) in [6.45, 7) is 5.91. The molecule has 21 heavy (non-hydrogen) atoms. The SMILES string of the molecule is CCNC(=O)C1COCCN1c1nc(Cl)nc(OCC)n1. The fourth-order valence-corrected chi connectivity index (χ4v) is 2.14. The Morgan fingerprint density at radius 2 is 2.29 bits per heavy atom. The molecule has 0 aliphatic carbocycles. The van der Waals surface area contributed by atoms with E-state index in [1.807, 2.05) is 13.8 Å². The average Bonchev–Trinajstić information content (AvgIpc) is 2.47. The summed E-state index contributed by atoms with van der Waals surface area (Å²) in [6, 6.07) is -0.347. The molecule has 1 unspecified atom stereocenters. The van der Waals surface area contributed by atoms with E-state index in [9.17, 15) is 4.79 Å². The molecular weight excluding hydrogens is 298 g/mol. The van der Waals surface area contributed by atoms with Crippen molar-refractivity contribution in [3.05, 3.63) is 5.28 Å². The van der Waals surface area contributed by atoms with Crippen LogP contribution in [-0.4, -0.2) is 59.8 Å². The Bertz CT molecular complexity index is 502. The molecule has 1 aromatic heterocycles. The zero-order chi connectivity index (χ0) is 15.2. The largest absolute Gasteiger partial charge is 0.464 e. The van der Waals surface area contributed by atoms with Gasteiger partial charge in [-0.05, 0) is 25.4 Å². The van der Waals surface area contributed by atoms with Crippen molar-refractivity contribution in [3.8, 4) is 6.01 Å². The highest BCUT2D eigenvalue weighted by molar-refractivity contribution is 6.28. The second kappa shape index (κ2) is 7.37. The standard InChI is InChI=1S/C12H18ClN5O3/c1-3-14-9(19)8-7-20-6-5-18(8)11-15-10(13)16-12(17-11)21-4-2/h8H,3-7H2,1-2H3,(H,14,19). The van der Waals surface area contributed by atoms with Crippen LogP contribution in [0.4, 0.5) is 5.95 Å². The molecule has 1 fully saturated rings. The third-order valence-electron chi connectivity index (χ3n) is 2.89. The van der Waals surface area contributed by atoms with Crippen LogP contribution in [0.2, 0.25) is 5.28 Å². The molecule has 2 heterocycles. The summed E-state index contributed by atoms with van der Waals surface area (Å²) in [6.07, 6.45) is 0. The summed E-state index contributed by atoms with van der Waals surface area (Å²) in [5.41, 5.74) is 0. The van der Waals surface area contributed by atoms with Crippen LogP contribution in [0.3, 0.4) is 0 Å². The number of hydrogen-bond acceptors (Lipinski definition) is 7. The topological polar surface area (TPSA) is 89.5 Å². The van der Waals surface area contributed by atoms with Crippen LogP contribution in [0.25, 0.3) is 0 Å². The van der Waals surface area contributed by atoms with E-state index in [1.54, 1.807) is 4.90 Å². The first kappa shape index (κ1) is 15.7. The molecule has 0 spiro atoms. The highest BCUT2D eigenvalue weighted by Crippen LogP contribution is 2.19. The molecule has 1 amide bonds. The first-order valence-corrected chi connectivity index (χ1v) is 7.20. The number of anilines is 1. The molecule has 1 atom stereocenters. The molecule has 1 saturated heterocycles. The third-order valence-corrected chi connectivity index (χ3v) is 3.06. The van der Waals surface area contributed by atoms with E-state index >= 15 is 0 Å². The van der Waals surface area contributed by atoms with Crippen molar-refractivity contribution >= 4 is 23.5 Å². The van der Waals surface area contributed by atoms with Gasteiger partial charge in [0.25, 0.3) is 0 Å². The molecule has 0 bridgehead atoms. The van der Waals surface area contributed by atoms with Crippen LogP contribution < -0.4 is 15.0 Å². The number of carbonyl (C=O) groups excluding carboxylic acids is 1. The number of halogens is 1. The summed E-state index contributed by atoms with van der Waals surface area (Å²) < 4.78 is 10.6. The summed E-state index contributed by atoms with van der Waals surface area (Å²) >= 11 is 5.89. The van der Waals surface area contributed by atoms with E-state index in [4.69, 9.17) is 21.1 Å². The van der Waals surface area contributed by atoms with Gasteiger partial charge in [0, 0.05) is 13.1 Å². The monoisotopic (exact) mass is 315 g/mol. The molecule has 8 nitrogen and oxygen atoms in total. The van der Waals surface area contributed by atoms with Gasteiger partial charge in [-0.3, -0.25) is 4.79 Å². The molecule has 1 aliphatic heterocycles. The van der Waals surface area contributed by atoms with Gasteiger partial charge >= 0.3 is 6.01 Å². The Hall–Kier alpha value is -1.67. The van der Waals surface area contributed by atoms with E-state index in [2.05, 4.69) is 20.3 Å². The van der Waals surface area contributed by atoms with Crippen LogP contribution >= 0.6 is 11.6 Å². The minimum absolute atomic E-state index is 0.0320. The number of ether oxygens (including phenoxy) is 2. The van der Waals surface area contributed by atoms with Crippen molar-refractivity contribution in [3.63, 3.8) is 0 Å². The summed E-state index contributed by atoms with van der Waals surface area (Å²) in [5, 5.41) is 2.81. The Labute approximate surface area is 127 Å². The number of carbonyl (C=O) groups is 1. The lowest BCUT2D eigenvalue weighted by Crippen LogP contribution is -2.54. The van der Waals surface area contributed by atoms with Crippen molar-refractivity contribution in [1.29, 1.82) is 0 Å². The van der Waals surface area contributed by atoms with Crippen LogP contribution in [0.1, 0.15) is 13.8 Å².